The van der Waals surface area contributed by atoms with Crippen LogP contribution in [0.1, 0.15) is 112 Å². The van der Waals surface area contributed by atoms with E-state index >= 15 is 0 Å². The number of alkyl halides is 1. The highest BCUT2D eigenvalue weighted by molar-refractivity contribution is 7.90. The van der Waals surface area contributed by atoms with E-state index in [0.29, 0.717) is 43.1 Å². The first-order valence-electron chi connectivity index (χ1n) is 17.3. The Kier molecular flexibility index (Phi) is 9.32. The molecule has 0 aliphatic heterocycles. The summed E-state index contributed by atoms with van der Waals surface area (Å²) in [6.45, 7) is 15.9. The normalized spacial score (nSPS) is 39.5. The van der Waals surface area contributed by atoms with Crippen LogP contribution < -0.4 is 10.0 Å². The molecular formula is C36H57FN2O4S. The molecule has 2 amide bonds. The number of halogens is 1. The minimum atomic E-state index is -3.96. The lowest BCUT2D eigenvalue weighted by atomic mass is 9.41. The number of hydrogen-bond donors (Lipinski definition) is 3. The summed E-state index contributed by atoms with van der Waals surface area (Å²) < 4.78 is 42.4. The van der Waals surface area contributed by atoms with Crippen LogP contribution in [0.5, 0.6) is 0 Å². The molecular weight excluding hydrogens is 575 g/mol. The van der Waals surface area contributed by atoms with Crippen molar-refractivity contribution in [2.75, 3.05) is 6.54 Å². The van der Waals surface area contributed by atoms with Gasteiger partial charge in [-0.25, -0.2) is 22.3 Å². The van der Waals surface area contributed by atoms with E-state index in [0.717, 1.165) is 50.5 Å². The van der Waals surface area contributed by atoms with Gasteiger partial charge in [0.05, 0.1) is 11.0 Å². The fraction of sp³-hybridized carbons (Fsp3) is 0.806. The molecule has 4 aliphatic rings. The van der Waals surface area contributed by atoms with Crippen LogP contribution in [0.15, 0.2) is 29.2 Å². The maximum absolute atomic E-state index is 14.6. The van der Waals surface area contributed by atoms with Crippen molar-refractivity contribution in [2.45, 2.75) is 129 Å². The van der Waals surface area contributed by atoms with Crippen LogP contribution >= 0.6 is 0 Å². The summed E-state index contributed by atoms with van der Waals surface area (Å²) in [5.41, 5.74) is 1.18. The number of carbonyl (C=O) groups is 1. The smallest absolute Gasteiger partial charge is 0.328 e. The van der Waals surface area contributed by atoms with Crippen molar-refractivity contribution in [3.05, 3.63) is 29.8 Å². The Morgan fingerprint density at radius 1 is 1.02 bits per heavy atom. The van der Waals surface area contributed by atoms with Gasteiger partial charge in [-0.3, -0.25) is 0 Å². The number of rotatable bonds is 7. The van der Waals surface area contributed by atoms with Crippen molar-refractivity contribution in [1.29, 1.82) is 0 Å². The molecule has 1 aromatic carbocycles. The number of amides is 2. The molecule has 44 heavy (non-hydrogen) atoms. The molecule has 1 aromatic rings. The number of carbonyl (C=O) groups excluding carboxylic acids is 1. The lowest BCUT2D eigenvalue weighted by Gasteiger charge is -2.64. The molecule has 0 saturated heterocycles. The molecule has 0 bridgehead atoms. The number of aliphatic hydroxyl groups excluding tert-OH is 1. The molecule has 4 saturated carbocycles. The molecule has 0 radical (unpaired) electrons. The van der Waals surface area contributed by atoms with E-state index in [2.05, 4.69) is 58.5 Å². The van der Waals surface area contributed by atoms with Gasteiger partial charge in [-0.2, -0.15) is 0 Å². The second-order valence-electron chi connectivity index (χ2n) is 16.5. The quantitative estimate of drug-likeness (QED) is 0.289. The predicted molar refractivity (Wildman–Crippen MR) is 173 cm³/mol. The predicted octanol–water partition coefficient (Wildman–Crippen LogP) is 7.60. The van der Waals surface area contributed by atoms with Crippen LogP contribution in [0.4, 0.5) is 9.18 Å². The Morgan fingerprint density at radius 3 is 2.30 bits per heavy atom. The third-order valence-corrected chi connectivity index (χ3v) is 14.6. The highest BCUT2D eigenvalue weighted by atomic mass is 32.2. The number of sulfonamides is 1. The standard InChI is InChI=1S/C36H57FN2O4S/c1-8-26-30-21-24(37)15-18-36(30,7)29-16-19-35(6)27(13-14-28(35)31(29)32(26)40)22(2)17-20-38-33(41)39-44(42,43)25-11-9-23(10-12-25)34(3,4)5/h9-12,22,24,26-32,40H,8,13-21H2,1-7H3,(H2,38,39,41)/t22-,24+,26-,27-,28+,29+,30+,31+,32-,35-,36-/m1/s1. The van der Waals surface area contributed by atoms with Gasteiger partial charge < -0.3 is 10.4 Å². The van der Waals surface area contributed by atoms with Crippen LogP contribution in [0, 0.1) is 52.3 Å². The highest BCUT2D eigenvalue weighted by Gasteiger charge is 2.65. The van der Waals surface area contributed by atoms with E-state index in [9.17, 15) is 22.7 Å². The molecule has 0 unspecified atom stereocenters. The fourth-order valence-electron chi connectivity index (χ4n) is 10.9. The van der Waals surface area contributed by atoms with Gasteiger partial charge >= 0.3 is 6.03 Å². The first kappa shape index (κ1) is 33.7. The van der Waals surface area contributed by atoms with Crippen molar-refractivity contribution in [3.8, 4) is 0 Å². The van der Waals surface area contributed by atoms with Crippen molar-refractivity contribution < 1.29 is 22.7 Å². The summed E-state index contributed by atoms with van der Waals surface area (Å²) in [7, 11) is -3.96. The average Bonchev–Trinajstić information content (AvgIpc) is 3.30. The number of urea groups is 1. The molecule has 11 atom stereocenters. The molecule has 0 heterocycles. The second kappa shape index (κ2) is 12.2. The van der Waals surface area contributed by atoms with Gasteiger partial charge in [0.25, 0.3) is 10.0 Å². The summed E-state index contributed by atoms with van der Waals surface area (Å²) >= 11 is 0. The first-order chi connectivity index (χ1) is 20.5. The molecule has 0 spiro atoms. The monoisotopic (exact) mass is 632 g/mol. The van der Waals surface area contributed by atoms with E-state index in [1.165, 1.54) is 0 Å². The van der Waals surface area contributed by atoms with Gasteiger partial charge in [0.1, 0.15) is 6.17 Å². The highest BCUT2D eigenvalue weighted by Crippen LogP contribution is 2.69. The van der Waals surface area contributed by atoms with Gasteiger partial charge in [0, 0.05) is 6.54 Å². The Morgan fingerprint density at radius 2 is 1.66 bits per heavy atom. The van der Waals surface area contributed by atoms with Gasteiger partial charge in [0.15, 0.2) is 0 Å². The van der Waals surface area contributed by atoms with Crippen LogP contribution in [-0.4, -0.2) is 38.4 Å². The summed E-state index contributed by atoms with van der Waals surface area (Å²) in [4.78, 5) is 12.7. The zero-order valence-corrected chi connectivity index (χ0v) is 28.9. The van der Waals surface area contributed by atoms with Gasteiger partial charge in [-0.05, 0) is 127 Å². The minimum Gasteiger partial charge on any atom is -0.393 e. The third-order valence-electron chi connectivity index (χ3n) is 13.3. The first-order valence-corrected chi connectivity index (χ1v) is 18.7. The lowest BCUT2D eigenvalue weighted by Crippen LogP contribution is -2.62. The van der Waals surface area contributed by atoms with Crippen molar-refractivity contribution in [2.24, 2.45) is 52.3 Å². The number of hydrogen-bond acceptors (Lipinski definition) is 4. The maximum atomic E-state index is 14.6. The number of aliphatic hydroxyl groups is 1. The van der Waals surface area contributed by atoms with Gasteiger partial charge in [-0.15, -0.1) is 0 Å². The average molecular weight is 633 g/mol. The second-order valence-corrected chi connectivity index (χ2v) is 18.1. The Hall–Kier alpha value is -1.67. The summed E-state index contributed by atoms with van der Waals surface area (Å²) in [6, 6.07) is 5.97. The Labute approximate surface area is 265 Å². The number of nitrogens with one attached hydrogen (secondary N) is 2. The van der Waals surface area contributed by atoms with Gasteiger partial charge in [-0.1, -0.05) is 67.0 Å². The Balaban J connectivity index is 1.19. The molecule has 5 rings (SSSR count). The topological polar surface area (TPSA) is 95.5 Å². The van der Waals surface area contributed by atoms with Crippen molar-refractivity contribution >= 4 is 16.1 Å². The Bertz CT molecular complexity index is 1300. The third kappa shape index (κ3) is 5.96. The molecule has 4 fully saturated rings. The fourth-order valence-corrected chi connectivity index (χ4v) is 11.8. The zero-order chi connectivity index (χ0) is 32.2. The summed E-state index contributed by atoms with van der Waals surface area (Å²) in [5.74, 6) is 2.50. The lowest BCUT2D eigenvalue weighted by molar-refractivity contribution is -0.199. The molecule has 8 heteroatoms. The number of fused-ring (bicyclic) bond motifs is 5. The van der Waals surface area contributed by atoms with E-state index in [1.54, 1.807) is 24.3 Å². The van der Waals surface area contributed by atoms with Gasteiger partial charge in [0.2, 0.25) is 0 Å². The maximum Gasteiger partial charge on any atom is 0.328 e. The molecule has 4 aliphatic carbocycles. The van der Waals surface area contributed by atoms with E-state index in [4.69, 9.17) is 0 Å². The van der Waals surface area contributed by atoms with E-state index in [-0.39, 0.29) is 45.0 Å². The van der Waals surface area contributed by atoms with Crippen LogP contribution in [0.3, 0.4) is 0 Å². The van der Waals surface area contributed by atoms with Crippen molar-refractivity contribution in [1.82, 2.24) is 10.0 Å². The molecule has 6 nitrogen and oxygen atoms in total. The largest absolute Gasteiger partial charge is 0.393 e. The van der Waals surface area contributed by atoms with Crippen LogP contribution in [-0.2, 0) is 15.4 Å². The molecule has 248 valence electrons. The van der Waals surface area contributed by atoms with E-state index < -0.39 is 22.2 Å². The number of benzene rings is 1. The van der Waals surface area contributed by atoms with Crippen LogP contribution in [0.2, 0.25) is 0 Å². The minimum absolute atomic E-state index is 0.0719. The SMILES string of the molecule is CC[C@H]1[C@@H](O)[C@@H]2[C@H](CC[C@]3(C)[C@@H]([C@H](C)CCNC(=O)NS(=O)(=O)c4ccc(C(C)(C)C)cc4)CC[C@@H]23)[C@@]2(C)CC[C@H](F)C[C@@H]12. The zero-order valence-electron chi connectivity index (χ0n) is 28.0. The molecule has 3 N–H and O–H groups in total. The summed E-state index contributed by atoms with van der Waals surface area (Å²) in [5, 5.41) is 14.7. The van der Waals surface area contributed by atoms with Crippen LogP contribution in [0.25, 0.3) is 0 Å². The van der Waals surface area contributed by atoms with Crippen molar-refractivity contribution in [3.63, 3.8) is 0 Å². The van der Waals surface area contributed by atoms with E-state index in [1.807, 2.05) is 0 Å². The molecule has 0 aromatic heterocycles. The summed E-state index contributed by atoms with van der Waals surface area (Å²) in [6.07, 6.45) is 7.29.